The summed E-state index contributed by atoms with van der Waals surface area (Å²) in [7, 11) is 3.64. The van der Waals surface area contributed by atoms with Gasteiger partial charge in [-0.05, 0) is 18.2 Å². The molecule has 2 N–H and O–H groups in total. The maximum absolute atomic E-state index is 5.18. The first-order valence-electron chi connectivity index (χ1n) is 4.70. The van der Waals surface area contributed by atoms with Crippen LogP contribution >= 0.6 is 0 Å². The van der Waals surface area contributed by atoms with Gasteiger partial charge in [-0.15, -0.1) is 0 Å². The van der Waals surface area contributed by atoms with Crippen molar-refractivity contribution in [1.82, 2.24) is 4.57 Å². The van der Waals surface area contributed by atoms with Crippen LogP contribution in [-0.2, 0) is 18.5 Å². The number of hydrogen-bond donors (Lipinski definition) is 1. The lowest BCUT2D eigenvalue weighted by atomic mass is 10.2. The third-order valence-electron chi connectivity index (χ3n) is 2.58. The van der Waals surface area contributed by atoms with Crippen LogP contribution in [0.15, 0.2) is 24.3 Å². The summed E-state index contributed by atoms with van der Waals surface area (Å²) in [5.74, 6) is 5.92. The molecule has 4 nitrogen and oxygen atoms in total. The standard InChI is InChI=1S/C11H14N2O2/c1-13-9(7-15-12)5-8-3-4-10(14-2)6-11(8)13/h3-6H,7,12H2,1-2H3. The molecule has 0 unspecified atom stereocenters. The van der Waals surface area contributed by atoms with Crippen molar-refractivity contribution >= 4 is 10.9 Å². The minimum atomic E-state index is 0.410. The Morgan fingerprint density at radius 1 is 1.33 bits per heavy atom. The highest BCUT2D eigenvalue weighted by Crippen LogP contribution is 2.23. The summed E-state index contributed by atoms with van der Waals surface area (Å²) in [5.41, 5.74) is 2.15. The molecule has 1 aromatic heterocycles. The van der Waals surface area contributed by atoms with Gasteiger partial charge in [0.15, 0.2) is 0 Å². The van der Waals surface area contributed by atoms with Gasteiger partial charge in [-0.1, -0.05) is 0 Å². The zero-order valence-corrected chi connectivity index (χ0v) is 8.86. The number of nitrogens with two attached hydrogens (primary N) is 1. The molecule has 15 heavy (non-hydrogen) atoms. The number of benzene rings is 1. The lowest BCUT2D eigenvalue weighted by molar-refractivity contribution is 0.119. The first-order chi connectivity index (χ1) is 7.26. The number of aromatic nitrogens is 1. The van der Waals surface area contributed by atoms with Crippen molar-refractivity contribution in [2.45, 2.75) is 6.61 Å². The van der Waals surface area contributed by atoms with Crippen LogP contribution in [0.5, 0.6) is 5.75 Å². The summed E-state index contributed by atoms with van der Waals surface area (Å²) in [5, 5.41) is 1.16. The lowest BCUT2D eigenvalue weighted by Crippen LogP contribution is -2.03. The fraction of sp³-hybridized carbons (Fsp3) is 0.273. The Balaban J connectivity index is 2.56. The van der Waals surface area contributed by atoms with Gasteiger partial charge in [-0.3, -0.25) is 4.84 Å². The van der Waals surface area contributed by atoms with E-state index in [1.54, 1.807) is 7.11 Å². The van der Waals surface area contributed by atoms with E-state index < -0.39 is 0 Å². The SMILES string of the molecule is COc1ccc2cc(CON)n(C)c2c1. The highest BCUT2D eigenvalue weighted by Gasteiger charge is 2.06. The van der Waals surface area contributed by atoms with Crippen LogP contribution in [0.25, 0.3) is 10.9 Å². The molecule has 0 fully saturated rings. The average molecular weight is 206 g/mol. The Hall–Kier alpha value is -1.52. The third-order valence-corrected chi connectivity index (χ3v) is 2.58. The van der Waals surface area contributed by atoms with Gasteiger partial charge in [0, 0.05) is 24.2 Å². The second-order valence-corrected chi connectivity index (χ2v) is 3.43. The summed E-state index contributed by atoms with van der Waals surface area (Å²) < 4.78 is 7.22. The lowest BCUT2D eigenvalue weighted by Gasteiger charge is -2.03. The second kappa shape index (κ2) is 3.92. The third kappa shape index (κ3) is 1.69. The van der Waals surface area contributed by atoms with Gasteiger partial charge in [-0.2, -0.15) is 0 Å². The minimum Gasteiger partial charge on any atom is -0.497 e. The molecule has 0 aliphatic carbocycles. The van der Waals surface area contributed by atoms with Crippen molar-refractivity contribution in [2.24, 2.45) is 12.9 Å². The van der Waals surface area contributed by atoms with E-state index in [1.165, 1.54) is 0 Å². The maximum atomic E-state index is 5.18. The van der Waals surface area contributed by atoms with Crippen molar-refractivity contribution in [3.05, 3.63) is 30.0 Å². The van der Waals surface area contributed by atoms with Crippen molar-refractivity contribution < 1.29 is 9.57 Å². The number of methoxy groups -OCH3 is 1. The molecule has 0 atom stereocenters. The van der Waals surface area contributed by atoms with Crippen LogP contribution in [0.1, 0.15) is 5.69 Å². The molecule has 0 aliphatic heterocycles. The van der Waals surface area contributed by atoms with Gasteiger partial charge in [0.2, 0.25) is 0 Å². The molecule has 4 heteroatoms. The molecule has 1 aromatic carbocycles. The smallest absolute Gasteiger partial charge is 0.120 e. The first-order valence-corrected chi connectivity index (χ1v) is 4.70. The molecular weight excluding hydrogens is 192 g/mol. The van der Waals surface area contributed by atoms with E-state index in [2.05, 4.69) is 10.9 Å². The van der Waals surface area contributed by atoms with E-state index >= 15 is 0 Å². The molecule has 2 rings (SSSR count). The molecule has 0 saturated carbocycles. The Morgan fingerprint density at radius 3 is 2.80 bits per heavy atom. The molecule has 0 aliphatic rings. The Morgan fingerprint density at radius 2 is 2.13 bits per heavy atom. The summed E-state index contributed by atoms with van der Waals surface area (Å²) in [6.07, 6.45) is 0. The number of nitrogens with zero attached hydrogens (tertiary/aromatic N) is 1. The maximum Gasteiger partial charge on any atom is 0.120 e. The molecule has 0 saturated heterocycles. The van der Waals surface area contributed by atoms with Gasteiger partial charge in [0.25, 0.3) is 0 Å². The highest BCUT2D eigenvalue weighted by atomic mass is 16.6. The second-order valence-electron chi connectivity index (χ2n) is 3.43. The Bertz CT molecular complexity index is 477. The predicted molar refractivity (Wildman–Crippen MR) is 58.4 cm³/mol. The molecule has 1 heterocycles. The van der Waals surface area contributed by atoms with Gasteiger partial charge in [-0.25, -0.2) is 5.90 Å². The van der Waals surface area contributed by atoms with Gasteiger partial charge >= 0.3 is 0 Å². The van der Waals surface area contributed by atoms with E-state index in [-0.39, 0.29) is 0 Å². The van der Waals surface area contributed by atoms with Crippen LogP contribution in [0.4, 0.5) is 0 Å². The monoisotopic (exact) mass is 206 g/mol. The topological polar surface area (TPSA) is 49.4 Å². The number of aryl methyl sites for hydroxylation is 1. The summed E-state index contributed by atoms with van der Waals surface area (Å²) in [6.45, 7) is 0.410. The van der Waals surface area contributed by atoms with Crippen LogP contribution in [0, 0.1) is 0 Å². The van der Waals surface area contributed by atoms with Crippen molar-refractivity contribution in [3.8, 4) is 5.75 Å². The first kappa shape index (κ1) is 10.0. The summed E-state index contributed by atoms with van der Waals surface area (Å²) >= 11 is 0. The van der Waals surface area contributed by atoms with Gasteiger partial charge in [0.05, 0.1) is 12.6 Å². The van der Waals surface area contributed by atoms with E-state index in [0.29, 0.717) is 6.61 Å². The molecule has 0 bridgehead atoms. The number of ether oxygens (including phenoxy) is 1. The molecule has 2 aromatic rings. The number of rotatable bonds is 3. The van der Waals surface area contributed by atoms with Crippen LogP contribution in [0.3, 0.4) is 0 Å². The summed E-state index contributed by atoms with van der Waals surface area (Å²) in [6, 6.07) is 8.01. The zero-order chi connectivity index (χ0) is 10.8. The summed E-state index contributed by atoms with van der Waals surface area (Å²) in [4.78, 5) is 4.64. The number of fused-ring (bicyclic) bond motifs is 1. The fourth-order valence-corrected chi connectivity index (χ4v) is 1.72. The molecular formula is C11H14N2O2. The van der Waals surface area contributed by atoms with Crippen molar-refractivity contribution in [2.75, 3.05) is 7.11 Å². The van der Waals surface area contributed by atoms with Crippen LogP contribution in [0.2, 0.25) is 0 Å². The molecule has 0 amide bonds. The Labute approximate surface area is 88.1 Å². The van der Waals surface area contributed by atoms with E-state index in [1.807, 2.05) is 29.8 Å². The van der Waals surface area contributed by atoms with E-state index in [4.69, 9.17) is 10.6 Å². The van der Waals surface area contributed by atoms with E-state index in [9.17, 15) is 0 Å². The molecule has 80 valence electrons. The normalized spacial score (nSPS) is 10.9. The molecule has 0 radical (unpaired) electrons. The van der Waals surface area contributed by atoms with Crippen molar-refractivity contribution in [3.63, 3.8) is 0 Å². The average Bonchev–Trinajstić information content (AvgIpc) is 2.56. The van der Waals surface area contributed by atoms with Crippen LogP contribution < -0.4 is 10.6 Å². The zero-order valence-electron chi connectivity index (χ0n) is 8.86. The van der Waals surface area contributed by atoms with Crippen molar-refractivity contribution in [1.29, 1.82) is 0 Å². The highest BCUT2D eigenvalue weighted by molar-refractivity contribution is 5.82. The van der Waals surface area contributed by atoms with Gasteiger partial charge in [0.1, 0.15) is 12.4 Å². The van der Waals surface area contributed by atoms with Crippen LogP contribution in [-0.4, -0.2) is 11.7 Å². The predicted octanol–water partition coefficient (Wildman–Crippen LogP) is 1.58. The Kier molecular flexibility index (Phi) is 2.62. The fourth-order valence-electron chi connectivity index (χ4n) is 1.72. The quantitative estimate of drug-likeness (QED) is 0.775. The van der Waals surface area contributed by atoms with Gasteiger partial charge < -0.3 is 9.30 Å². The number of hydrogen-bond acceptors (Lipinski definition) is 3. The molecule has 0 spiro atoms. The minimum absolute atomic E-state index is 0.410. The van der Waals surface area contributed by atoms with E-state index in [0.717, 1.165) is 22.3 Å². The largest absolute Gasteiger partial charge is 0.497 e.